The first-order valence-corrected chi connectivity index (χ1v) is 2.73. The van der Waals surface area contributed by atoms with Crippen LogP contribution in [0.15, 0.2) is 0 Å². The van der Waals surface area contributed by atoms with Crippen LogP contribution in [-0.2, 0) is 0 Å². The summed E-state index contributed by atoms with van der Waals surface area (Å²) < 4.78 is 0. The zero-order valence-electron chi connectivity index (χ0n) is 6.92. The smallest absolute Gasteiger partial charge is 0.0127 e. The lowest BCUT2D eigenvalue weighted by Crippen LogP contribution is -2.12. The molecule has 4 N–H and O–H groups in total. The fraction of sp³-hybridized carbons (Fsp3) is 1.00. The monoisotopic (exact) mass is 149 g/mol. The van der Waals surface area contributed by atoms with E-state index in [2.05, 4.69) is 5.43 Å². The molecule has 0 aromatic carbocycles. The third-order valence-electron chi connectivity index (χ3n) is 0.661. The maximum Gasteiger partial charge on any atom is -0.0127 e. The lowest BCUT2D eigenvalue weighted by atomic mass is 9.98. The van der Waals surface area contributed by atoms with Gasteiger partial charge in [-0.2, -0.15) is 0 Å². The van der Waals surface area contributed by atoms with Gasteiger partial charge in [-0.1, -0.05) is 27.3 Å². The molecular formula is C5H15N3O2. The predicted molar refractivity (Wildman–Crippen MR) is 40.7 cm³/mol. The second-order valence-electron chi connectivity index (χ2n) is 3.10. The van der Waals surface area contributed by atoms with E-state index in [4.69, 9.17) is 0 Å². The van der Waals surface area contributed by atoms with Crippen LogP contribution in [0.3, 0.4) is 0 Å². The van der Waals surface area contributed by atoms with Crippen LogP contribution in [0.25, 0.3) is 5.43 Å². The van der Waals surface area contributed by atoms with E-state index in [0.717, 1.165) is 0 Å². The van der Waals surface area contributed by atoms with Crippen molar-refractivity contribution >= 4 is 0 Å². The molecule has 10 heavy (non-hydrogen) atoms. The Morgan fingerprint density at radius 3 is 2.00 bits per heavy atom. The van der Waals surface area contributed by atoms with Crippen LogP contribution in [-0.4, -0.2) is 11.6 Å². The lowest BCUT2D eigenvalue weighted by molar-refractivity contribution is -0.428. The SMILES string of the molecule is CC(C)(C)C[N-][N+](=O)[O-].[NH4+]. The van der Waals surface area contributed by atoms with E-state index in [1.54, 1.807) is 0 Å². The molecule has 0 aromatic rings. The minimum absolute atomic E-state index is 0. The third-order valence-corrected chi connectivity index (χ3v) is 0.661. The van der Waals surface area contributed by atoms with Gasteiger partial charge in [0.2, 0.25) is 0 Å². The molecular weight excluding hydrogens is 134 g/mol. The van der Waals surface area contributed by atoms with Crippen LogP contribution < -0.4 is 6.15 Å². The molecule has 0 saturated heterocycles. The maximum atomic E-state index is 9.68. The van der Waals surface area contributed by atoms with Gasteiger partial charge in [-0.15, -0.1) is 0 Å². The summed E-state index contributed by atoms with van der Waals surface area (Å²) in [6, 6.07) is 0. The standard InChI is InChI=1S/C5H11N2O2.H3N/c1-5(2,3)4-6-7(8)9;/h4H2,1-3H3;1H3/q-1;/p+1. The summed E-state index contributed by atoms with van der Waals surface area (Å²) in [5.41, 5.74) is 3.04. The molecule has 0 saturated carbocycles. The number of nitro groups is 1. The van der Waals surface area contributed by atoms with Gasteiger partial charge >= 0.3 is 0 Å². The van der Waals surface area contributed by atoms with Crippen molar-refractivity contribution in [3.63, 3.8) is 0 Å². The number of quaternary nitrogens is 1. The molecule has 0 rings (SSSR count). The molecule has 0 amide bonds. The first-order chi connectivity index (χ1) is 3.92. The van der Waals surface area contributed by atoms with E-state index >= 15 is 0 Å². The van der Waals surface area contributed by atoms with Crippen molar-refractivity contribution in [2.45, 2.75) is 20.8 Å². The Morgan fingerprint density at radius 1 is 1.50 bits per heavy atom. The molecule has 5 nitrogen and oxygen atoms in total. The average Bonchev–Trinajstić information content (AvgIpc) is 1.59. The summed E-state index contributed by atoms with van der Waals surface area (Å²) in [4.78, 5) is 9.68. The highest BCUT2D eigenvalue weighted by Crippen LogP contribution is 2.14. The first-order valence-electron chi connectivity index (χ1n) is 2.73. The molecule has 5 heteroatoms. The van der Waals surface area contributed by atoms with E-state index in [1.807, 2.05) is 20.8 Å². The number of hydrogen-bond acceptors (Lipinski definition) is 2. The van der Waals surface area contributed by atoms with E-state index in [9.17, 15) is 10.1 Å². The molecule has 0 spiro atoms. The molecule has 0 atom stereocenters. The Kier molecular flexibility index (Phi) is 4.82. The van der Waals surface area contributed by atoms with Crippen molar-refractivity contribution in [2.75, 3.05) is 6.54 Å². The molecule has 0 aromatic heterocycles. The van der Waals surface area contributed by atoms with Crippen LogP contribution in [0.2, 0.25) is 0 Å². The fourth-order valence-corrected chi connectivity index (χ4v) is 0.270. The van der Waals surface area contributed by atoms with E-state index < -0.39 is 5.03 Å². The average molecular weight is 149 g/mol. The molecule has 0 aliphatic rings. The van der Waals surface area contributed by atoms with Gasteiger partial charge in [0, 0.05) is 0 Å². The maximum absolute atomic E-state index is 9.68. The van der Waals surface area contributed by atoms with Crippen LogP contribution in [0.5, 0.6) is 0 Å². The van der Waals surface area contributed by atoms with Crippen molar-refractivity contribution in [2.24, 2.45) is 5.41 Å². The first kappa shape index (κ1) is 11.9. The van der Waals surface area contributed by atoms with E-state index in [1.165, 1.54) is 0 Å². The van der Waals surface area contributed by atoms with Crippen LogP contribution in [0.1, 0.15) is 20.8 Å². The van der Waals surface area contributed by atoms with E-state index in [0.29, 0.717) is 0 Å². The second-order valence-corrected chi connectivity index (χ2v) is 3.10. The van der Waals surface area contributed by atoms with Crippen molar-refractivity contribution < 1.29 is 5.03 Å². The molecule has 0 unspecified atom stereocenters. The largest absolute Gasteiger partial charge is 0.379 e. The van der Waals surface area contributed by atoms with Gasteiger partial charge in [0.05, 0.1) is 0 Å². The highest BCUT2D eigenvalue weighted by atomic mass is 16.7. The van der Waals surface area contributed by atoms with Crippen LogP contribution >= 0.6 is 0 Å². The van der Waals surface area contributed by atoms with Gasteiger partial charge in [-0.3, -0.25) is 10.1 Å². The molecule has 0 heterocycles. The van der Waals surface area contributed by atoms with Crippen molar-refractivity contribution in [1.82, 2.24) is 6.15 Å². The highest BCUT2D eigenvalue weighted by Gasteiger charge is 2.04. The van der Waals surface area contributed by atoms with Crippen molar-refractivity contribution in [3.05, 3.63) is 15.5 Å². The molecule has 0 aliphatic heterocycles. The van der Waals surface area contributed by atoms with Gasteiger partial charge in [0.25, 0.3) is 0 Å². The molecule has 0 fully saturated rings. The Balaban J connectivity index is 0. The second kappa shape index (κ2) is 4.05. The lowest BCUT2D eigenvalue weighted by Gasteiger charge is -2.22. The minimum atomic E-state index is -0.648. The van der Waals surface area contributed by atoms with Gasteiger partial charge < -0.3 is 11.6 Å². The zero-order chi connectivity index (χ0) is 7.49. The van der Waals surface area contributed by atoms with E-state index in [-0.39, 0.29) is 18.1 Å². The zero-order valence-corrected chi connectivity index (χ0v) is 6.92. The Bertz CT molecular complexity index is 108. The summed E-state index contributed by atoms with van der Waals surface area (Å²) in [6.45, 7) is 5.99. The highest BCUT2D eigenvalue weighted by molar-refractivity contribution is 4.74. The topological polar surface area (TPSA) is 93.7 Å². The number of rotatable bonds is 2. The normalized spacial score (nSPS) is 9.90. The Morgan fingerprint density at radius 2 is 1.90 bits per heavy atom. The summed E-state index contributed by atoms with van der Waals surface area (Å²) in [5, 5.41) is 9.04. The predicted octanol–water partition coefficient (Wildman–Crippen LogP) is 1.97. The Labute approximate surface area is 60.5 Å². The van der Waals surface area contributed by atoms with Crippen LogP contribution in [0, 0.1) is 15.5 Å². The third kappa shape index (κ3) is 10.2. The van der Waals surface area contributed by atoms with Gasteiger partial charge in [-0.05, 0) is 10.4 Å². The summed E-state index contributed by atoms with van der Waals surface area (Å²) >= 11 is 0. The molecule has 0 radical (unpaired) electrons. The molecule has 0 aliphatic carbocycles. The number of hydrogen-bond donors (Lipinski definition) is 1. The summed E-state index contributed by atoms with van der Waals surface area (Å²) in [6.07, 6.45) is 0. The molecule has 0 bridgehead atoms. The minimum Gasteiger partial charge on any atom is -0.379 e. The van der Waals surface area contributed by atoms with Gasteiger partial charge in [0.15, 0.2) is 0 Å². The van der Waals surface area contributed by atoms with Crippen molar-refractivity contribution in [1.29, 1.82) is 0 Å². The van der Waals surface area contributed by atoms with Gasteiger partial charge in [-0.25, -0.2) is 0 Å². The molecule has 62 valence electrons. The number of nitrogens with zero attached hydrogens (tertiary/aromatic N) is 2. The van der Waals surface area contributed by atoms with Gasteiger partial charge in [0.1, 0.15) is 0 Å². The summed E-state index contributed by atoms with van der Waals surface area (Å²) in [5.74, 6) is 0. The Hall–Kier alpha value is -0.840. The summed E-state index contributed by atoms with van der Waals surface area (Å²) in [7, 11) is 0. The van der Waals surface area contributed by atoms with Crippen LogP contribution in [0.4, 0.5) is 0 Å². The van der Waals surface area contributed by atoms with Crippen molar-refractivity contribution in [3.8, 4) is 0 Å². The fourth-order valence-electron chi connectivity index (χ4n) is 0.270. The quantitative estimate of drug-likeness (QED) is 0.480.